The molecule has 1 amide bonds. The quantitative estimate of drug-likeness (QED) is 0.757. The van der Waals surface area contributed by atoms with Crippen LogP contribution in [0, 0.1) is 0 Å². The van der Waals surface area contributed by atoms with Gasteiger partial charge in [0.25, 0.3) is 5.91 Å². The van der Waals surface area contributed by atoms with Gasteiger partial charge in [-0.15, -0.1) is 11.3 Å². The number of carbonyl (C=O) groups is 2. The SMILES string of the molecule is C[C@H](OC(=O)CCCc1cccs1)C(=O)Nc1ccc(Cl)cc1. The van der Waals surface area contributed by atoms with Crippen molar-refractivity contribution in [3.63, 3.8) is 0 Å². The predicted octanol–water partition coefficient (Wildman–Crippen LogP) is 4.29. The minimum absolute atomic E-state index is 0.302. The minimum atomic E-state index is -0.833. The Morgan fingerprint density at radius 3 is 2.65 bits per heavy atom. The highest BCUT2D eigenvalue weighted by Crippen LogP contribution is 2.15. The van der Waals surface area contributed by atoms with Crippen molar-refractivity contribution in [1.29, 1.82) is 0 Å². The maximum absolute atomic E-state index is 12.0. The average molecular weight is 352 g/mol. The van der Waals surface area contributed by atoms with Gasteiger partial charge in [0, 0.05) is 22.0 Å². The molecule has 0 spiro atoms. The fourth-order valence-electron chi connectivity index (χ4n) is 1.95. The lowest BCUT2D eigenvalue weighted by Gasteiger charge is -2.13. The molecule has 0 saturated heterocycles. The Bertz CT molecular complexity index is 640. The Kier molecular flexibility index (Phi) is 6.62. The van der Waals surface area contributed by atoms with Crippen molar-refractivity contribution in [2.24, 2.45) is 0 Å². The molecule has 0 unspecified atom stereocenters. The summed E-state index contributed by atoms with van der Waals surface area (Å²) in [7, 11) is 0. The molecule has 1 aromatic carbocycles. The molecule has 0 aliphatic heterocycles. The molecule has 4 nitrogen and oxygen atoms in total. The predicted molar refractivity (Wildman–Crippen MR) is 92.9 cm³/mol. The normalized spacial score (nSPS) is 11.7. The number of thiophene rings is 1. The van der Waals surface area contributed by atoms with Gasteiger partial charge in [0.15, 0.2) is 6.10 Å². The van der Waals surface area contributed by atoms with Crippen LogP contribution in [0.2, 0.25) is 5.02 Å². The zero-order valence-electron chi connectivity index (χ0n) is 12.8. The van der Waals surface area contributed by atoms with Crippen LogP contribution in [-0.2, 0) is 20.7 Å². The van der Waals surface area contributed by atoms with Crippen LogP contribution >= 0.6 is 22.9 Å². The molecule has 0 bridgehead atoms. The van der Waals surface area contributed by atoms with E-state index in [1.54, 1.807) is 42.5 Å². The van der Waals surface area contributed by atoms with Crippen LogP contribution in [0.25, 0.3) is 0 Å². The number of benzene rings is 1. The summed E-state index contributed by atoms with van der Waals surface area (Å²) in [5.41, 5.74) is 0.611. The largest absolute Gasteiger partial charge is 0.453 e. The third kappa shape index (κ3) is 6.04. The lowest BCUT2D eigenvalue weighted by Crippen LogP contribution is -2.29. The molecule has 6 heteroatoms. The highest BCUT2D eigenvalue weighted by molar-refractivity contribution is 7.09. The first kappa shape index (κ1) is 17.5. The smallest absolute Gasteiger partial charge is 0.306 e. The summed E-state index contributed by atoms with van der Waals surface area (Å²) >= 11 is 7.45. The summed E-state index contributed by atoms with van der Waals surface area (Å²) in [5.74, 6) is -0.723. The lowest BCUT2D eigenvalue weighted by atomic mass is 10.2. The van der Waals surface area contributed by atoms with Gasteiger partial charge in [-0.3, -0.25) is 9.59 Å². The summed E-state index contributed by atoms with van der Waals surface area (Å²) in [5, 5.41) is 5.28. The van der Waals surface area contributed by atoms with Crippen LogP contribution < -0.4 is 5.32 Å². The molecule has 1 atom stereocenters. The number of carbonyl (C=O) groups excluding carboxylic acids is 2. The Balaban J connectivity index is 1.71. The molecule has 122 valence electrons. The first-order valence-corrected chi connectivity index (χ1v) is 8.58. The molecule has 0 fully saturated rings. The van der Waals surface area contributed by atoms with Gasteiger partial charge in [-0.25, -0.2) is 0 Å². The van der Waals surface area contributed by atoms with Crippen molar-refractivity contribution in [3.8, 4) is 0 Å². The Labute approximate surface area is 144 Å². The standard InChI is InChI=1S/C17H18ClNO3S/c1-12(17(21)19-14-9-7-13(18)8-10-14)22-16(20)6-2-4-15-5-3-11-23-15/h3,5,7-12H,2,4,6H2,1H3,(H,19,21)/t12-/m0/s1. The number of amides is 1. The van der Waals surface area contributed by atoms with Crippen molar-refractivity contribution in [2.45, 2.75) is 32.3 Å². The third-order valence-electron chi connectivity index (χ3n) is 3.17. The number of aryl methyl sites for hydroxylation is 1. The molecule has 1 aromatic heterocycles. The van der Waals surface area contributed by atoms with Gasteiger partial charge < -0.3 is 10.1 Å². The highest BCUT2D eigenvalue weighted by atomic mass is 35.5. The Hall–Kier alpha value is -1.85. The topological polar surface area (TPSA) is 55.4 Å². The molecule has 0 saturated carbocycles. The van der Waals surface area contributed by atoms with E-state index in [4.69, 9.17) is 16.3 Å². The summed E-state index contributed by atoms with van der Waals surface area (Å²) in [4.78, 5) is 25.0. The average Bonchev–Trinajstić information content (AvgIpc) is 3.02. The fraction of sp³-hybridized carbons (Fsp3) is 0.294. The number of rotatable bonds is 7. The number of nitrogens with one attached hydrogen (secondary N) is 1. The first-order chi connectivity index (χ1) is 11.0. The van der Waals surface area contributed by atoms with E-state index in [2.05, 4.69) is 5.32 Å². The second-order valence-electron chi connectivity index (χ2n) is 5.06. The van der Waals surface area contributed by atoms with Gasteiger partial charge in [-0.2, -0.15) is 0 Å². The van der Waals surface area contributed by atoms with E-state index in [9.17, 15) is 9.59 Å². The number of halogens is 1. The second kappa shape index (κ2) is 8.70. The molecule has 1 N–H and O–H groups in total. The van der Waals surface area contributed by atoms with E-state index >= 15 is 0 Å². The van der Waals surface area contributed by atoms with Crippen LogP contribution in [0.4, 0.5) is 5.69 Å². The van der Waals surface area contributed by atoms with Gasteiger partial charge in [-0.05, 0) is 55.5 Å². The van der Waals surface area contributed by atoms with E-state index < -0.39 is 6.10 Å². The number of esters is 1. The Morgan fingerprint density at radius 1 is 1.26 bits per heavy atom. The molecular weight excluding hydrogens is 334 g/mol. The molecular formula is C17H18ClNO3S. The van der Waals surface area contributed by atoms with Gasteiger partial charge in [0.05, 0.1) is 0 Å². The molecule has 23 heavy (non-hydrogen) atoms. The van der Waals surface area contributed by atoms with Gasteiger partial charge >= 0.3 is 5.97 Å². The molecule has 0 aliphatic rings. The van der Waals surface area contributed by atoms with E-state index in [0.717, 1.165) is 6.42 Å². The second-order valence-corrected chi connectivity index (χ2v) is 6.53. The third-order valence-corrected chi connectivity index (χ3v) is 4.36. The van der Waals surface area contributed by atoms with Crippen LogP contribution in [0.15, 0.2) is 41.8 Å². The van der Waals surface area contributed by atoms with Crippen LogP contribution in [-0.4, -0.2) is 18.0 Å². The summed E-state index contributed by atoms with van der Waals surface area (Å²) in [6.07, 6.45) is 1.03. The van der Waals surface area contributed by atoms with E-state index in [-0.39, 0.29) is 11.9 Å². The molecule has 2 rings (SSSR count). The maximum atomic E-state index is 12.0. The van der Waals surface area contributed by atoms with Gasteiger partial charge in [0.1, 0.15) is 0 Å². The molecule has 0 aliphatic carbocycles. The lowest BCUT2D eigenvalue weighted by molar-refractivity contribution is -0.153. The van der Waals surface area contributed by atoms with Crippen molar-refractivity contribution in [2.75, 3.05) is 5.32 Å². The highest BCUT2D eigenvalue weighted by Gasteiger charge is 2.17. The van der Waals surface area contributed by atoms with Crippen LogP contribution in [0.3, 0.4) is 0 Å². The van der Waals surface area contributed by atoms with Crippen molar-refractivity contribution < 1.29 is 14.3 Å². The molecule has 1 heterocycles. The zero-order chi connectivity index (χ0) is 16.7. The summed E-state index contributed by atoms with van der Waals surface area (Å²) in [6.45, 7) is 1.56. The number of hydrogen-bond donors (Lipinski definition) is 1. The van der Waals surface area contributed by atoms with Crippen LogP contribution in [0.1, 0.15) is 24.6 Å². The molecule has 2 aromatic rings. The monoisotopic (exact) mass is 351 g/mol. The Morgan fingerprint density at radius 2 is 2.00 bits per heavy atom. The van der Waals surface area contributed by atoms with Gasteiger partial charge in [0.2, 0.25) is 0 Å². The van der Waals surface area contributed by atoms with Gasteiger partial charge in [-0.1, -0.05) is 17.7 Å². The summed E-state index contributed by atoms with van der Waals surface area (Å²) in [6, 6.07) is 10.8. The van der Waals surface area contributed by atoms with E-state index in [0.29, 0.717) is 23.6 Å². The summed E-state index contributed by atoms with van der Waals surface area (Å²) < 4.78 is 5.15. The zero-order valence-corrected chi connectivity index (χ0v) is 14.3. The van der Waals surface area contributed by atoms with Crippen molar-refractivity contribution in [3.05, 3.63) is 51.7 Å². The minimum Gasteiger partial charge on any atom is -0.453 e. The van der Waals surface area contributed by atoms with Crippen LogP contribution in [0.5, 0.6) is 0 Å². The maximum Gasteiger partial charge on any atom is 0.306 e. The number of hydrogen-bond acceptors (Lipinski definition) is 4. The van der Waals surface area contributed by atoms with E-state index in [1.165, 1.54) is 4.88 Å². The van der Waals surface area contributed by atoms with Crippen molar-refractivity contribution >= 4 is 40.5 Å². The van der Waals surface area contributed by atoms with E-state index in [1.807, 2.05) is 17.5 Å². The van der Waals surface area contributed by atoms with Crippen molar-refractivity contribution in [1.82, 2.24) is 0 Å². The first-order valence-electron chi connectivity index (χ1n) is 7.33. The molecule has 0 radical (unpaired) electrons. The number of anilines is 1. The fourth-order valence-corrected chi connectivity index (χ4v) is 2.83. The number of ether oxygens (including phenoxy) is 1.